The summed E-state index contributed by atoms with van der Waals surface area (Å²) in [6, 6.07) is 8.24. The van der Waals surface area contributed by atoms with Gasteiger partial charge in [0.1, 0.15) is 11.6 Å². The number of carbonyl (C=O) groups is 1. The van der Waals surface area contributed by atoms with E-state index in [1.807, 2.05) is 18.2 Å². The fraction of sp³-hybridized carbons (Fsp3) is 0.571. The number of benzene rings is 1. The Bertz CT molecular complexity index is 818. The van der Waals surface area contributed by atoms with E-state index in [1.165, 1.54) is 24.4 Å². The smallest absolute Gasteiger partial charge is 0.226 e. The quantitative estimate of drug-likeness (QED) is 0.770. The molecule has 6 nitrogen and oxygen atoms in total. The van der Waals surface area contributed by atoms with Gasteiger partial charge in [-0.15, -0.1) is 0 Å². The van der Waals surface area contributed by atoms with E-state index in [2.05, 4.69) is 27.2 Å². The summed E-state index contributed by atoms with van der Waals surface area (Å²) in [7, 11) is 1.68. The third-order valence-electron chi connectivity index (χ3n) is 5.84. The number of aromatic nitrogens is 2. The van der Waals surface area contributed by atoms with Crippen LogP contribution in [0.3, 0.4) is 0 Å². The summed E-state index contributed by atoms with van der Waals surface area (Å²) in [5.74, 6) is 2.31. The first-order valence-corrected chi connectivity index (χ1v) is 10.9. The molecule has 1 saturated heterocycles. The molecule has 1 aliphatic heterocycles. The molecule has 0 bridgehead atoms. The third kappa shape index (κ3) is 4.14. The van der Waals surface area contributed by atoms with Crippen LogP contribution in [0.4, 0.5) is 5.13 Å². The van der Waals surface area contributed by atoms with Crippen LogP contribution >= 0.6 is 11.5 Å². The lowest BCUT2D eigenvalue weighted by atomic mass is 10.0. The monoisotopic (exact) mass is 400 g/mol. The number of anilines is 1. The molecule has 150 valence electrons. The van der Waals surface area contributed by atoms with Gasteiger partial charge in [-0.25, -0.2) is 4.98 Å². The number of rotatable bonds is 5. The molecule has 7 heteroatoms. The van der Waals surface area contributed by atoms with Crippen molar-refractivity contribution < 1.29 is 9.53 Å². The number of methoxy groups -OCH3 is 1. The van der Waals surface area contributed by atoms with Crippen molar-refractivity contribution in [2.75, 3.05) is 31.6 Å². The van der Waals surface area contributed by atoms with E-state index in [1.54, 1.807) is 7.11 Å². The van der Waals surface area contributed by atoms with Crippen molar-refractivity contribution in [1.82, 2.24) is 14.3 Å². The van der Waals surface area contributed by atoms with Gasteiger partial charge in [-0.2, -0.15) is 4.37 Å². The largest absolute Gasteiger partial charge is 0.497 e. The zero-order valence-corrected chi connectivity index (χ0v) is 17.5. The van der Waals surface area contributed by atoms with Crippen molar-refractivity contribution in [2.24, 2.45) is 5.92 Å². The summed E-state index contributed by atoms with van der Waals surface area (Å²) in [5, 5.41) is 0.956. The summed E-state index contributed by atoms with van der Waals surface area (Å²) in [5.41, 5.74) is 1.14. The summed E-state index contributed by atoms with van der Waals surface area (Å²) in [6.45, 7) is 4.58. The highest BCUT2D eigenvalue weighted by Crippen LogP contribution is 2.29. The van der Waals surface area contributed by atoms with Gasteiger partial charge in [0.2, 0.25) is 11.0 Å². The first-order chi connectivity index (χ1) is 13.6. The maximum absolute atomic E-state index is 12.8. The van der Waals surface area contributed by atoms with Crippen LogP contribution in [-0.4, -0.2) is 53.0 Å². The maximum atomic E-state index is 12.8. The Morgan fingerprint density at radius 2 is 2.11 bits per heavy atom. The number of hydrogen-bond acceptors (Lipinski definition) is 6. The van der Waals surface area contributed by atoms with Crippen LogP contribution in [0.2, 0.25) is 0 Å². The van der Waals surface area contributed by atoms with Crippen LogP contribution in [0.5, 0.6) is 5.75 Å². The van der Waals surface area contributed by atoms with Crippen LogP contribution in [0, 0.1) is 5.92 Å². The first-order valence-electron chi connectivity index (χ1n) is 10.1. The molecule has 1 amide bonds. The van der Waals surface area contributed by atoms with Gasteiger partial charge < -0.3 is 14.5 Å². The van der Waals surface area contributed by atoms with Crippen molar-refractivity contribution in [3.63, 3.8) is 0 Å². The summed E-state index contributed by atoms with van der Waals surface area (Å²) in [4.78, 5) is 21.9. The number of nitrogens with zero attached hydrogens (tertiary/aromatic N) is 4. The third-order valence-corrected chi connectivity index (χ3v) is 6.65. The number of piperazine rings is 1. The zero-order chi connectivity index (χ0) is 19.5. The standard InChI is InChI=1S/C21H28N4O2S/c1-15-14-24(10-11-25(15)20(26)17-7-3-4-8-17)21-22-19(23-28-21)13-16-6-5-9-18(12-16)27-2/h5-6,9,12,15,17H,3-4,7-8,10-11,13-14H2,1-2H3/t15-/m0/s1. The molecule has 0 N–H and O–H groups in total. The summed E-state index contributed by atoms with van der Waals surface area (Å²) >= 11 is 1.45. The highest BCUT2D eigenvalue weighted by Gasteiger charge is 2.33. The topological polar surface area (TPSA) is 58.6 Å². The lowest BCUT2D eigenvalue weighted by Crippen LogP contribution is -2.55. The molecular weight excluding hydrogens is 372 g/mol. The van der Waals surface area contributed by atoms with Crippen LogP contribution in [0.1, 0.15) is 44.0 Å². The average Bonchev–Trinajstić information content (AvgIpc) is 3.40. The van der Waals surface area contributed by atoms with Crippen LogP contribution in [-0.2, 0) is 11.2 Å². The fourth-order valence-corrected chi connectivity index (χ4v) is 5.00. The van der Waals surface area contributed by atoms with Crippen molar-refractivity contribution in [1.29, 1.82) is 0 Å². The van der Waals surface area contributed by atoms with Crippen molar-refractivity contribution in [2.45, 2.75) is 45.1 Å². The molecule has 1 aromatic carbocycles. The second-order valence-corrected chi connectivity index (χ2v) is 8.56. The highest BCUT2D eigenvalue weighted by molar-refractivity contribution is 7.09. The number of ether oxygens (including phenoxy) is 1. The Labute approximate surface area is 170 Å². The van der Waals surface area contributed by atoms with Gasteiger partial charge in [-0.05, 0) is 37.5 Å². The number of carbonyl (C=O) groups excluding carboxylic acids is 1. The van der Waals surface area contributed by atoms with E-state index in [4.69, 9.17) is 9.72 Å². The van der Waals surface area contributed by atoms with E-state index in [0.717, 1.165) is 54.7 Å². The van der Waals surface area contributed by atoms with Gasteiger partial charge in [-0.1, -0.05) is 25.0 Å². The van der Waals surface area contributed by atoms with E-state index in [-0.39, 0.29) is 12.0 Å². The minimum absolute atomic E-state index is 0.215. The Hall–Kier alpha value is -2.15. The molecule has 1 atom stereocenters. The summed E-state index contributed by atoms with van der Waals surface area (Å²) < 4.78 is 9.84. The number of amides is 1. The molecule has 0 spiro atoms. The Kier molecular flexibility index (Phi) is 5.80. The SMILES string of the molecule is COc1cccc(Cc2nsc(N3CCN(C(=O)C4CCCC4)[C@@H](C)C3)n2)c1. The normalized spacial score (nSPS) is 20.6. The molecular formula is C21H28N4O2S. The average molecular weight is 401 g/mol. The number of hydrogen-bond donors (Lipinski definition) is 0. The van der Waals surface area contributed by atoms with Gasteiger partial charge in [-0.3, -0.25) is 4.79 Å². The second kappa shape index (κ2) is 8.47. The van der Waals surface area contributed by atoms with E-state index >= 15 is 0 Å². The summed E-state index contributed by atoms with van der Waals surface area (Å²) in [6.07, 6.45) is 5.23. The Morgan fingerprint density at radius 1 is 1.29 bits per heavy atom. The van der Waals surface area contributed by atoms with Gasteiger partial charge in [0, 0.05) is 49.5 Å². The lowest BCUT2D eigenvalue weighted by Gasteiger charge is -2.40. The molecule has 1 aromatic heterocycles. The van der Waals surface area contributed by atoms with E-state index in [9.17, 15) is 4.79 Å². The molecule has 2 aliphatic rings. The second-order valence-electron chi connectivity index (χ2n) is 7.83. The Balaban J connectivity index is 1.37. The molecule has 0 unspecified atom stereocenters. The Morgan fingerprint density at radius 3 is 2.86 bits per heavy atom. The lowest BCUT2D eigenvalue weighted by molar-refractivity contribution is -0.137. The van der Waals surface area contributed by atoms with Gasteiger partial charge in [0.25, 0.3) is 0 Å². The van der Waals surface area contributed by atoms with Crippen molar-refractivity contribution in [3.8, 4) is 5.75 Å². The van der Waals surface area contributed by atoms with Crippen LogP contribution < -0.4 is 9.64 Å². The minimum Gasteiger partial charge on any atom is -0.497 e. The fourth-order valence-electron chi connectivity index (χ4n) is 4.28. The molecule has 2 fully saturated rings. The predicted molar refractivity (Wildman–Crippen MR) is 111 cm³/mol. The molecule has 0 radical (unpaired) electrons. The zero-order valence-electron chi connectivity index (χ0n) is 16.6. The van der Waals surface area contributed by atoms with Gasteiger partial charge in [0.15, 0.2) is 0 Å². The molecule has 1 aliphatic carbocycles. The van der Waals surface area contributed by atoms with Gasteiger partial charge >= 0.3 is 0 Å². The molecule has 2 aromatic rings. The molecule has 1 saturated carbocycles. The predicted octanol–water partition coefficient (Wildman–Crippen LogP) is 3.36. The van der Waals surface area contributed by atoms with Gasteiger partial charge in [0.05, 0.1) is 7.11 Å². The molecule has 28 heavy (non-hydrogen) atoms. The van der Waals surface area contributed by atoms with Crippen molar-refractivity contribution >= 4 is 22.6 Å². The first kappa shape index (κ1) is 19.2. The maximum Gasteiger partial charge on any atom is 0.226 e. The minimum atomic E-state index is 0.215. The van der Waals surface area contributed by atoms with E-state index < -0.39 is 0 Å². The van der Waals surface area contributed by atoms with Crippen LogP contribution in [0.25, 0.3) is 0 Å². The van der Waals surface area contributed by atoms with E-state index in [0.29, 0.717) is 12.3 Å². The van der Waals surface area contributed by atoms with Crippen molar-refractivity contribution in [3.05, 3.63) is 35.7 Å². The highest BCUT2D eigenvalue weighted by atomic mass is 32.1. The molecule has 4 rings (SSSR count). The van der Waals surface area contributed by atoms with Crippen LogP contribution in [0.15, 0.2) is 24.3 Å². The molecule has 2 heterocycles.